The Morgan fingerprint density at radius 1 is 1.42 bits per heavy atom. The number of nitrogens with two attached hydrogens (primary N) is 1. The quantitative estimate of drug-likeness (QED) is 0.878. The maximum Gasteiger partial charge on any atom is 0.224 e. The summed E-state index contributed by atoms with van der Waals surface area (Å²) in [7, 11) is 0. The second kappa shape index (κ2) is 5.23. The van der Waals surface area contributed by atoms with Gasteiger partial charge in [0.05, 0.1) is 18.6 Å². The van der Waals surface area contributed by atoms with Gasteiger partial charge in [0.1, 0.15) is 0 Å². The largest absolute Gasteiger partial charge is 0.376 e. The molecule has 19 heavy (non-hydrogen) atoms. The molecule has 1 aromatic rings. The monoisotopic (exact) mass is 324 g/mol. The minimum Gasteiger partial charge on any atom is -0.376 e. The third-order valence-electron chi connectivity index (χ3n) is 4.05. The fourth-order valence-electron chi connectivity index (χ4n) is 2.95. The molecule has 4 unspecified atom stereocenters. The van der Waals surface area contributed by atoms with Gasteiger partial charge in [0.2, 0.25) is 5.91 Å². The zero-order valence-electron chi connectivity index (χ0n) is 10.5. The molecule has 2 aliphatic rings. The highest BCUT2D eigenvalue weighted by molar-refractivity contribution is 9.10. The van der Waals surface area contributed by atoms with E-state index in [4.69, 9.17) is 10.5 Å². The molecule has 0 bridgehead atoms. The maximum absolute atomic E-state index is 12.0. The number of hydrogen-bond acceptors (Lipinski definition) is 3. The van der Waals surface area contributed by atoms with Crippen LogP contribution in [0.1, 0.15) is 12.0 Å². The van der Waals surface area contributed by atoms with E-state index >= 15 is 0 Å². The molecule has 5 heteroatoms. The van der Waals surface area contributed by atoms with Crippen molar-refractivity contribution in [2.75, 3.05) is 6.61 Å². The Balaban J connectivity index is 1.55. The van der Waals surface area contributed by atoms with Crippen LogP contribution in [0, 0.1) is 5.92 Å². The predicted molar refractivity (Wildman–Crippen MR) is 75.6 cm³/mol. The van der Waals surface area contributed by atoms with Crippen LogP contribution in [0.4, 0.5) is 0 Å². The van der Waals surface area contributed by atoms with Crippen LogP contribution in [0.5, 0.6) is 0 Å². The van der Waals surface area contributed by atoms with Crippen molar-refractivity contribution in [1.82, 2.24) is 5.32 Å². The molecule has 0 spiro atoms. The molecule has 1 aliphatic carbocycles. The Bertz CT molecular complexity index is 477. The maximum atomic E-state index is 12.0. The Labute approximate surface area is 120 Å². The smallest absolute Gasteiger partial charge is 0.224 e. The lowest BCUT2D eigenvalue weighted by atomic mass is 9.72. The standard InChI is InChI=1S/C14H17BrN2O2/c15-9-3-1-8(2-4-9)7-11(18)17-13-12(16)10-5-6-19-14(10)13/h1-4,10,12-14H,5-7,16H2,(H,17,18). The van der Waals surface area contributed by atoms with Crippen molar-refractivity contribution >= 4 is 21.8 Å². The van der Waals surface area contributed by atoms with E-state index < -0.39 is 0 Å². The van der Waals surface area contributed by atoms with Gasteiger partial charge in [-0.1, -0.05) is 28.1 Å². The average Bonchev–Trinajstić information content (AvgIpc) is 2.83. The molecule has 1 saturated heterocycles. The topological polar surface area (TPSA) is 64.3 Å². The van der Waals surface area contributed by atoms with E-state index in [1.54, 1.807) is 0 Å². The van der Waals surface area contributed by atoms with Crippen LogP contribution in [0.3, 0.4) is 0 Å². The van der Waals surface area contributed by atoms with Gasteiger partial charge >= 0.3 is 0 Å². The number of halogens is 1. The van der Waals surface area contributed by atoms with Crippen molar-refractivity contribution in [2.45, 2.75) is 31.0 Å². The van der Waals surface area contributed by atoms with Crippen LogP contribution in [0.2, 0.25) is 0 Å². The minimum atomic E-state index is -0.0181. The third-order valence-corrected chi connectivity index (χ3v) is 4.58. The predicted octanol–water partition coefficient (Wildman–Crippen LogP) is 1.22. The highest BCUT2D eigenvalue weighted by atomic mass is 79.9. The fourth-order valence-corrected chi connectivity index (χ4v) is 3.22. The minimum absolute atomic E-state index is 0.0109. The molecule has 4 nitrogen and oxygen atoms in total. The molecule has 1 aromatic carbocycles. The molecule has 1 amide bonds. The molecule has 2 fully saturated rings. The first-order valence-electron chi connectivity index (χ1n) is 6.56. The van der Waals surface area contributed by atoms with Gasteiger partial charge in [-0.15, -0.1) is 0 Å². The summed E-state index contributed by atoms with van der Waals surface area (Å²) in [5.41, 5.74) is 7.07. The Morgan fingerprint density at radius 2 is 2.16 bits per heavy atom. The number of carbonyl (C=O) groups excluding carboxylic acids is 1. The summed E-state index contributed by atoms with van der Waals surface area (Å²) in [6.45, 7) is 0.766. The SMILES string of the molecule is NC1C2CCOC2C1NC(=O)Cc1ccc(Br)cc1. The second-order valence-corrected chi connectivity index (χ2v) is 6.18. The summed E-state index contributed by atoms with van der Waals surface area (Å²) in [5.74, 6) is 0.440. The normalized spacial score (nSPS) is 32.5. The van der Waals surface area contributed by atoms with Crippen molar-refractivity contribution in [3.8, 4) is 0 Å². The van der Waals surface area contributed by atoms with Crippen LogP contribution in [-0.2, 0) is 16.0 Å². The van der Waals surface area contributed by atoms with E-state index in [1.165, 1.54) is 0 Å². The number of fused-ring (bicyclic) bond motifs is 1. The summed E-state index contributed by atoms with van der Waals surface area (Å²) < 4.78 is 6.61. The van der Waals surface area contributed by atoms with Crippen molar-refractivity contribution in [3.05, 3.63) is 34.3 Å². The zero-order chi connectivity index (χ0) is 13.4. The number of nitrogens with one attached hydrogen (secondary N) is 1. The molecule has 1 heterocycles. The van der Waals surface area contributed by atoms with Crippen molar-refractivity contribution in [2.24, 2.45) is 11.7 Å². The van der Waals surface area contributed by atoms with Crippen molar-refractivity contribution in [3.63, 3.8) is 0 Å². The van der Waals surface area contributed by atoms with Gasteiger partial charge in [0, 0.05) is 23.0 Å². The first-order chi connectivity index (χ1) is 9.15. The molecule has 0 radical (unpaired) electrons. The van der Waals surface area contributed by atoms with E-state index in [2.05, 4.69) is 21.2 Å². The second-order valence-electron chi connectivity index (χ2n) is 5.26. The van der Waals surface area contributed by atoms with E-state index in [0.29, 0.717) is 12.3 Å². The lowest BCUT2D eigenvalue weighted by molar-refractivity contribution is -0.125. The first-order valence-corrected chi connectivity index (χ1v) is 7.35. The Kier molecular flexibility index (Phi) is 3.60. The van der Waals surface area contributed by atoms with E-state index in [-0.39, 0.29) is 24.1 Å². The number of ether oxygens (including phenoxy) is 1. The highest BCUT2D eigenvalue weighted by Gasteiger charge is 2.52. The van der Waals surface area contributed by atoms with Crippen LogP contribution < -0.4 is 11.1 Å². The van der Waals surface area contributed by atoms with Gasteiger partial charge in [-0.2, -0.15) is 0 Å². The van der Waals surface area contributed by atoms with Gasteiger partial charge in [0.25, 0.3) is 0 Å². The van der Waals surface area contributed by atoms with E-state index in [9.17, 15) is 4.79 Å². The zero-order valence-corrected chi connectivity index (χ0v) is 12.1. The molecule has 0 aromatic heterocycles. The van der Waals surface area contributed by atoms with Gasteiger partial charge in [-0.05, 0) is 24.1 Å². The van der Waals surface area contributed by atoms with Crippen molar-refractivity contribution < 1.29 is 9.53 Å². The van der Waals surface area contributed by atoms with Crippen molar-refractivity contribution in [1.29, 1.82) is 0 Å². The number of hydrogen-bond donors (Lipinski definition) is 2. The lowest BCUT2D eigenvalue weighted by Gasteiger charge is -2.45. The molecule has 3 rings (SSSR count). The van der Waals surface area contributed by atoms with E-state index in [1.807, 2.05) is 24.3 Å². The molecular weight excluding hydrogens is 308 g/mol. The fraction of sp³-hybridized carbons (Fsp3) is 0.500. The number of carbonyl (C=O) groups is 1. The molecule has 102 valence electrons. The van der Waals surface area contributed by atoms with Crippen LogP contribution in [-0.4, -0.2) is 30.7 Å². The summed E-state index contributed by atoms with van der Waals surface area (Å²) in [4.78, 5) is 12.0. The summed E-state index contributed by atoms with van der Waals surface area (Å²) in [6.07, 6.45) is 1.53. The third kappa shape index (κ3) is 2.55. The molecule has 1 aliphatic heterocycles. The lowest BCUT2D eigenvalue weighted by Crippen LogP contribution is -2.69. The summed E-state index contributed by atoms with van der Waals surface area (Å²) >= 11 is 3.38. The van der Waals surface area contributed by atoms with Gasteiger partial charge in [-0.3, -0.25) is 4.79 Å². The number of rotatable bonds is 3. The Morgan fingerprint density at radius 3 is 2.89 bits per heavy atom. The summed E-state index contributed by atoms with van der Waals surface area (Å²) in [5, 5.41) is 3.00. The first kappa shape index (κ1) is 13.1. The van der Waals surface area contributed by atoms with E-state index in [0.717, 1.165) is 23.1 Å². The molecule has 4 atom stereocenters. The van der Waals surface area contributed by atoms with Gasteiger partial charge < -0.3 is 15.8 Å². The molecule has 1 saturated carbocycles. The number of amides is 1. The number of benzene rings is 1. The van der Waals surface area contributed by atoms with Gasteiger partial charge in [0.15, 0.2) is 0 Å². The average molecular weight is 325 g/mol. The van der Waals surface area contributed by atoms with Crippen LogP contribution in [0.15, 0.2) is 28.7 Å². The highest BCUT2D eigenvalue weighted by Crippen LogP contribution is 2.37. The van der Waals surface area contributed by atoms with Crippen LogP contribution >= 0.6 is 15.9 Å². The summed E-state index contributed by atoms with van der Waals surface area (Å²) in [6, 6.07) is 7.79. The van der Waals surface area contributed by atoms with Gasteiger partial charge in [-0.25, -0.2) is 0 Å². The Hall–Kier alpha value is -0.910. The molecule has 3 N–H and O–H groups in total. The van der Waals surface area contributed by atoms with Crippen LogP contribution in [0.25, 0.3) is 0 Å². The molecular formula is C14H17BrN2O2.